The highest BCUT2D eigenvalue weighted by molar-refractivity contribution is 5.77. The number of aliphatic hydroxyl groups is 1. The Kier molecular flexibility index (Phi) is 3.48. The molecule has 92 valence electrons. The largest absolute Gasteiger partial charge is 0.390 e. The monoisotopic (exact) mass is 233 g/mol. The van der Waals surface area contributed by atoms with Gasteiger partial charge in [-0.2, -0.15) is 0 Å². The molecule has 1 aromatic rings. The van der Waals surface area contributed by atoms with Crippen molar-refractivity contribution in [2.24, 2.45) is 5.92 Å². The lowest BCUT2D eigenvalue weighted by Crippen LogP contribution is -2.34. The first kappa shape index (κ1) is 12.1. The number of rotatable bonds is 3. The molecule has 1 aliphatic carbocycles. The number of fused-ring (bicyclic) bond motifs is 1. The molecule has 2 unspecified atom stereocenters. The van der Waals surface area contributed by atoms with Crippen LogP contribution in [-0.4, -0.2) is 17.1 Å². The maximum Gasteiger partial charge on any atom is 0.220 e. The number of hydrogen-bond acceptors (Lipinski definition) is 2. The molecular formula is C14H19NO2. The van der Waals surface area contributed by atoms with Crippen molar-refractivity contribution in [2.75, 3.05) is 0 Å². The summed E-state index contributed by atoms with van der Waals surface area (Å²) in [6.45, 7) is 4.03. The molecule has 0 bridgehead atoms. The van der Waals surface area contributed by atoms with E-state index in [2.05, 4.69) is 5.32 Å². The number of aliphatic hydroxyl groups excluding tert-OH is 1. The van der Waals surface area contributed by atoms with Crippen molar-refractivity contribution in [3.8, 4) is 0 Å². The van der Waals surface area contributed by atoms with Crippen molar-refractivity contribution in [3.63, 3.8) is 0 Å². The van der Waals surface area contributed by atoms with Crippen molar-refractivity contribution in [3.05, 3.63) is 35.4 Å². The van der Waals surface area contributed by atoms with Crippen LogP contribution in [-0.2, 0) is 11.2 Å². The second-order valence-electron chi connectivity index (χ2n) is 5.11. The van der Waals surface area contributed by atoms with Crippen LogP contribution in [0.15, 0.2) is 24.3 Å². The summed E-state index contributed by atoms with van der Waals surface area (Å²) in [5.41, 5.74) is 2.19. The summed E-state index contributed by atoms with van der Waals surface area (Å²) < 4.78 is 0. The van der Waals surface area contributed by atoms with Crippen LogP contribution in [0.5, 0.6) is 0 Å². The highest BCUT2D eigenvalue weighted by Crippen LogP contribution is 2.31. The summed E-state index contributed by atoms with van der Waals surface area (Å²) in [6.07, 6.45) is 0.636. The summed E-state index contributed by atoms with van der Waals surface area (Å²) in [5, 5.41) is 12.9. The van der Waals surface area contributed by atoms with Crippen LogP contribution >= 0.6 is 0 Å². The Morgan fingerprint density at radius 1 is 1.47 bits per heavy atom. The van der Waals surface area contributed by atoms with Crippen molar-refractivity contribution < 1.29 is 9.90 Å². The zero-order valence-corrected chi connectivity index (χ0v) is 10.3. The first-order valence-electron chi connectivity index (χ1n) is 6.13. The highest BCUT2D eigenvalue weighted by atomic mass is 16.3. The van der Waals surface area contributed by atoms with E-state index in [-0.39, 0.29) is 11.9 Å². The van der Waals surface area contributed by atoms with Gasteiger partial charge in [0, 0.05) is 12.8 Å². The van der Waals surface area contributed by atoms with Crippen LogP contribution < -0.4 is 5.32 Å². The minimum Gasteiger partial charge on any atom is -0.390 e. The standard InChI is InChI=1S/C14H19NO2/c1-9(2)7-13(17)15-14-11-6-4-3-5-10(11)8-12(14)16/h3-6,9,12,14,16H,7-8H2,1-2H3,(H,15,17). The number of benzene rings is 1. The highest BCUT2D eigenvalue weighted by Gasteiger charge is 2.31. The lowest BCUT2D eigenvalue weighted by Gasteiger charge is -2.18. The van der Waals surface area contributed by atoms with Gasteiger partial charge in [0.2, 0.25) is 5.91 Å². The molecule has 0 heterocycles. The van der Waals surface area contributed by atoms with Gasteiger partial charge in [-0.3, -0.25) is 4.79 Å². The molecule has 2 rings (SSSR count). The van der Waals surface area contributed by atoms with E-state index >= 15 is 0 Å². The van der Waals surface area contributed by atoms with Crippen LogP contribution in [0.2, 0.25) is 0 Å². The summed E-state index contributed by atoms with van der Waals surface area (Å²) in [5.74, 6) is 0.351. The second-order valence-corrected chi connectivity index (χ2v) is 5.11. The second kappa shape index (κ2) is 4.88. The van der Waals surface area contributed by atoms with Gasteiger partial charge < -0.3 is 10.4 Å². The molecule has 0 fully saturated rings. The normalized spacial score (nSPS) is 22.6. The Balaban J connectivity index is 2.09. The Morgan fingerprint density at radius 3 is 2.88 bits per heavy atom. The minimum atomic E-state index is -0.497. The number of carbonyl (C=O) groups excluding carboxylic acids is 1. The van der Waals surface area contributed by atoms with Gasteiger partial charge in [-0.25, -0.2) is 0 Å². The number of carbonyl (C=O) groups is 1. The van der Waals surface area contributed by atoms with E-state index in [0.717, 1.165) is 11.1 Å². The third-order valence-electron chi connectivity index (χ3n) is 3.11. The van der Waals surface area contributed by atoms with Gasteiger partial charge in [-0.15, -0.1) is 0 Å². The maximum absolute atomic E-state index is 11.7. The number of hydrogen-bond donors (Lipinski definition) is 2. The van der Waals surface area contributed by atoms with E-state index in [1.165, 1.54) is 0 Å². The quantitative estimate of drug-likeness (QED) is 0.836. The lowest BCUT2D eigenvalue weighted by molar-refractivity contribution is -0.123. The van der Waals surface area contributed by atoms with Gasteiger partial charge in [-0.05, 0) is 17.0 Å². The fourth-order valence-electron chi connectivity index (χ4n) is 2.35. The zero-order valence-electron chi connectivity index (χ0n) is 10.3. The Morgan fingerprint density at radius 2 is 2.18 bits per heavy atom. The Labute approximate surface area is 102 Å². The van der Waals surface area contributed by atoms with E-state index < -0.39 is 6.10 Å². The zero-order chi connectivity index (χ0) is 12.4. The molecule has 1 aliphatic rings. The van der Waals surface area contributed by atoms with Crippen molar-refractivity contribution in [2.45, 2.75) is 38.8 Å². The molecule has 2 atom stereocenters. The van der Waals surface area contributed by atoms with Gasteiger partial charge in [0.25, 0.3) is 0 Å². The first-order chi connectivity index (χ1) is 8.08. The molecule has 3 heteroatoms. The van der Waals surface area contributed by atoms with Gasteiger partial charge in [0.1, 0.15) is 0 Å². The fourth-order valence-corrected chi connectivity index (χ4v) is 2.35. The van der Waals surface area contributed by atoms with Gasteiger partial charge in [0.05, 0.1) is 12.1 Å². The molecule has 1 amide bonds. The summed E-state index contributed by atoms with van der Waals surface area (Å²) >= 11 is 0. The Bertz CT molecular complexity index is 414. The fraction of sp³-hybridized carbons (Fsp3) is 0.500. The summed E-state index contributed by atoms with van der Waals surface area (Å²) in [4.78, 5) is 11.7. The maximum atomic E-state index is 11.7. The van der Waals surface area contributed by atoms with Crippen LogP contribution in [0.25, 0.3) is 0 Å². The average molecular weight is 233 g/mol. The summed E-state index contributed by atoms with van der Waals surface area (Å²) in [6, 6.07) is 7.65. The molecule has 0 saturated heterocycles. The lowest BCUT2D eigenvalue weighted by atomic mass is 10.1. The predicted octanol–water partition coefficient (Wildman–Crippen LogP) is 1.81. The first-order valence-corrected chi connectivity index (χ1v) is 6.13. The molecule has 0 aromatic heterocycles. The van der Waals surface area contributed by atoms with Gasteiger partial charge in [0.15, 0.2) is 0 Å². The molecule has 3 nitrogen and oxygen atoms in total. The molecule has 0 spiro atoms. The van der Waals surface area contributed by atoms with Crippen LogP contribution in [0.1, 0.15) is 37.4 Å². The molecule has 2 N–H and O–H groups in total. The van der Waals surface area contributed by atoms with Crippen LogP contribution in [0.3, 0.4) is 0 Å². The van der Waals surface area contributed by atoms with Gasteiger partial charge >= 0.3 is 0 Å². The van der Waals surface area contributed by atoms with Gasteiger partial charge in [-0.1, -0.05) is 38.1 Å². The van der Waals surface area contributed by atoms with Crippen LogP contribution in [0, 0.1) is 5.92 Å². The van der Waals surface area contributed by atoms with E-state index in [9.17, 15) is 9.90 Å². The SMILES string of the molecule is CC(C)CC(=O)NC1c2ccccc2CC1O. The van der Waals surface area contributed by atoms with Crippen molar-refractivity contribution in [1.29, 1.82) is 0 Å². The van der Waals surface area contributed by atoms with E-state index in [0.29, 0.717) is 18.8 Å². The molecule has 0 radical (unpaired) electrons. The molecule has 17 heavy (non-hydrogen) atoms. The average Bonchev–Trinajstić information content (AvgIpc) is 2.55. The molecular weight excluding hydrogens is 214 g/mol. The third kappa shape index (κ3) is 2.67. The molecule has 1 aromatic carbocycles. The van der Waals surface area contributed by atoms with Crippen LogP contribution in [0.4, 0.5) is 0 Å². The topological polar surface area (TPSA) is 49.3 Å². The van der Waals surface area contributed by atoms with E-state index in [4.69, 9.17) is 0 Å². The Hall–Kier alpha value is -1.35. The number of nitrogens with one attached hydrogen (secondary N) is 1. The molecule has 0 aliphatic heterocycles. The summed E-state index contributed by atoms with van der Waals surface area (Å²) in [7, 11) is 0. The van der Waals surface area contributed by atoms with E-state index in [1.54, 1.807) is 0 Å². The predicted molar refractivity (Wildman–Crippen MR) is 66.5 cm³/mol. The molecule has 0 saturated carbocycles. The number of amides is 1. The smallest absolute Gasteiger partial charge is 0.220 e. The van der Waals surface area contributed by atoms with Crippen molar-refractivity contribution >= 4 is 5.91 Å². The minimum absolute atomic E-state index is 0.0146. The van der Waals surface area contributed by atoms with E-state index in [1.807, 2.05) is 38.1 Å². The van der Waals surface area contributed by atoms with Crippen molar-refractivity contribution in [1.82, 2.24) is 5.32 Å². The third-order valence-corrected chi connectivity index (χ3v) is 3.11.